The highest BCUT2D eigenvalue weighted by Crippen LogP contribution is 2.18. The van der Waals surface area contributed by atoms with Crippen LogP contribution in [0.3, 0.4) is 0 Å². The van der Waals surface area contributed by atoms with Crippen molar-refractivity contribution in [2.24, 2.45) is 5.92 Å². The third-order valence-corrected chi connectivity index (χ3v) is 8.06. The quantitative estimate of drug-likeness (QED) is 0.372. The highest BCUT2D eigenvalue weighted by atomic mass is 32.2. The molecular weight excluding hydrogens is 448 g/mol. The van der Waals surface area contributed by atoms with Crippen LogP contribution in [0.15, 0.2) is 0 Å². The van der Waals surface area contributed by atoms with E-state index >= 15 is 0 Å². The van der Waals surface area contributed by atoms with E-state index in [0.717, 1.165) is 56.1 Å². The molecule has 2 saturated heterocycles. The average molecular weight is 491 g/mol. The van der Waals surface area contributed by atoms with Gasteiger partial charge in [-0.05, 0) is 58.0 Å². The molecule has 2 N–H and O–H groups in total. The SMILES string of the molecule is CCCCS(=O)(=O)N(CCNC(=O)N1CCC(OCC2CCNCC2)CC1)CC(=O)OCC. The molecule has 0 aliphatic carbocycles. The molecule has 0 aromatic carbocycles. The molecule has 11 heteroatoms. The average Bonchev–Trinajstić information content (AvgIpc) is 2.82. The van der Waals surface area contributed by atoms with Gasteiger partial charge in [0, 0.05) is 32.8 Å². The van der Waals surface area contributed by atoms with Gasteiger partial charge < -0.3 is 25.0 Å². The number of carbonyl (C=O) groups is 2. The Morgan fingerprint density at radius 2 is 1.82 bits per heavy atom. The zero-order valence-electron chi connectivity index (χ0n) is 20.2. The molecule has 0 bridgehead atoms. The normalized spacial score (nSPS) is 18.5. The molecular formula is C22H42N4O6S. The van der Waals surface area contributed by atoms with Gasteiger partial charge in [0.25, 0.3) is 0 Å². The van der Waals surface area contributed by atoms with Crippen molar-refractivity contribution in [2.75, 3.05) is 64.8 Å². The van der Waals surface area contributed by atoms with Crippen LogP contribution in [0.2, 0.25) is 0 Å². The van der Waals surface area contributed by atoms with Crippen molar-refractivity contribution in [2.45, 2.75) is 58.5 Å². The second-order valence-electron chi connectivity index (χ2n) is 8.75. The highest BCUT2D eigenvalue weighted by Gasteiger charge is 2.27. The van der Waals surface area contributed by atoms with Crippen LogP contribution in [0.5, 0.6) is 0 Å². The van der Waals surface area contributed by atoms with Gasteiger partial charge in [0.2, 0.25) is 10.0 Å². The van der Waals surface area contributed by atoms with Crippen molar-refractivity contribution in [3.8, 4) is 0 Å². The fraction of sp³-hybridized carbons (Fsp3) is 0.909. The Morgan fingerprint density at radius 1 is 1.12 bits per heavy atom. The largest absolute Gasteiger partial charge is 0.465 e. The molecule has 2 heterocycles. The second kappa shape index (κ2) is 14.7. The summed E-state index contributed by atoms with van der Waals surface area (Å²) < 4.78 is 37.3. The van der Waals surface area contributed by atoms with Gasteiger partial charge >= 0.3 is 12.0 Å². The Kier molecular flexibility index (Phi) is 12.4. The Bertz CT molecular complexity index is 691. The maximum atomic E-state index is 12.6. The first-order valence-electron chi connectivity index (χ1n) is 12.3. The van der Waals surface area contributed by atoms with Crippen molar-refractivity contribution in [3.63, 3.8) is 0 Å². The third kappa shape index (κ3) is 10.2. The van der Waals surface area contributed by atoms with Crippen LogP contribution in [-0.2, 0) is 24.3 Å². The number of piperidine rings is 2. The van der Waals surface area contributed by atoms with Crippen LogP contribution in [0, 0.1) is 5.92 Å². The maximum absolute atomic E-state index is 12.6. The molecule has 2 fully saturated rings. The van der Waals surface area contributed by atoms with Gasteiger partial charge in [-0.25, -0.2) is 13.2 Å². The van der Waals surface area contributed by atoms with Gasteiger partial charge in [-0.15, -0.1) is 0 Å². The number of unbranched alkanes of at least 4 members (excludes halogenated alkanes) is 1. The summed E-state index contributed by atoms with van der Waals surface area (Å²) in [6.07, 6.45) is 5.36. The number of nitrogens with one attached hydrogen (secondary N) is 2. The lowest BCUT2D eigenvalue weighted by Crippen LogP contribution is -2.48. The first-order valence-corrected chi connectivity index (χ1v) is 13.9. The zero-order valence-corrected chi connectivity index (χ0v) is 21.0. The van der Waals surface area contributed by atoms with Crippen LogP contribution in [0.1, 0.15) is 52.4 Å². The highest BCUT2D eigenvalue weighted by molar-refractivity contribution is 7.89. The molecule has 0 aromatic rings. The lowest BCUT2D eigenvalue weighted by atomic mass is 9.99. The minimum atomic E-state index is -3.60. The van der Waals surface area contributed by atoms with E-state index in [4.69, 9.17) is 9.47 Å². The number of carbonyl (C=O) groups excluding carboxylic acids is 2. The summed E-state index contributed by atoms with van der Waals surface area (Å²) in [4.78, 5) is 26.2. The summed E-state index contributed by atoms with van der Waals surface area (Å²) >= 11 is 0. The zero-order chi connectivity index (χ0) is 24.1. The van der Waals surface area contributed by atoms with Crippen molar-refractivity contribution in [3.05, 3.63) is 0 Å². The van der Waals surface area contributed by atoms with E-state index in [9.17, 15) is 18.0 Å². The smallest absolute Gasteiger partial charge is 0.321 e. The lowest BCUT2D eigenvalue weighted by molar-refractivity contribution is -0.143. The van der Waals surface area contributed by atoms with Crippen molar-refractivity contribution in [1.82, 2.24) is 19.8 Å². The predicted molar refractivity (Wildman–Crippen MR) is 126 cm³/mol. The molecule has 2 aliphatic heterocycles. The van der Waals surface area contributed by atoms with E-state index in [0.29, 0.717) is 25.4 Å². The first-order chi connectivity index (χ1) is 15.9. The predicted octanol–water partition coefficient (Wildman–Crippen LogP) is 1.17. The molecule has 0 unspecified atom stereocenters. The number of likely N-dealkylation sites (tertiary alicyclic amines) is 1. The molecule has 0 saturated carbocycles. The Hall–Kier alpha value is -1.43. The first kappa shape index (κ1) is 27.8. The minimum absolute atomic E-state index is 0.0261. The Labute approximate surface area is 198 Å². The molecule has 10 nitrogen and oxygen atoms in total. The number of ether oxygens (including phenoxy) is 2. The minimum Gasteiger partial charge on any atom is -0.465 e. The van der Waals surface area contributed by atoms with Gasteiger partial charge in [-0.3, -0.25) is 4.79 Å². The number of nitrogens with zero attached hydrogens (tertiary/aromatic N) is 2. The number of hydrogen-bond acceptors (Lipinski definition) is 7. The van der Waals surface area contributed by atoms with Crippen LogP contribution in [-0.4, -0.2) is 101 Å². The monoisotopic (exact) mass is 490 g/mol. The fourth-order valence-electron chi connectivity index (χ4n) is 4.07. The molecule has 0 atom stereocenters. The van der Waals surface area contributed by atoms with Gasteiger partial charge in [0.1, 0.15) is 6.54 Å². The van der Waals surface area contributed by atoms with Crippen molar-refractivity contribution >= 4 is 22.0 Å². The van der Waals surface area contributed by atoms with E-state index < -0.39 is 16.0 Å². The van der Waals surface area contributed by atoms with E-state index in [1.54, 1.807) is 11.8 Å². The van der Waals surface area contributed by atoms with E-state index in [2.05, 4.69) is 10.6 Å². The second-order valence-corrected chi connectivity index (χ2v) is 10.8. The number of urea groups is 1. The summed E-state index contributed by atoms with van der Waals surface area (Å²) in [6.45, 7) is 7.75. The van der Waals surface area contributed by atoms with Gasteiger partial charge in [0.15, 0.2) is 0 Å². The Balaban J connectivity index is 1.73. The molecule has 2 rings (SSSR count). The van der Waals surface area contributed by atoms with Crippen molar-refractivity contribution in [1.29, 1.82) is 0 Å². The summed E-state index contributed by atoms with van der Waals surface area (Å²) in [5.41, 5.74) is 0. The maximum Gasteiger partial charge on any atom is 0.321 e. The summed E-state index contributed by atoms with van der Waals surface area (Å²) in [5, 5.41) is 6.16. The molecule has 2 aliphatic rings. The van der Waals surface area contributed by atoms with Crippen LogP contribution >= 0.6 is 0 Å². The standard InChI is InChI=1S/C22H42N4O6S/c1-3-5-16-33(29,30)26(17-21(27)31-4-2)15-12-24-22(28)25-13-8-20(9-14-25)32-18-19-6-10-23-11-7-19/h19-20,23H,3-18H2,1-2H3,(H,24,28). The van der Waals surface area contributed by atoms with E-state index in [1.807, 2.05) is 6.92 Å². The molecule has 0 radical (unpaired) electrons. The fourth-order valence-corrected chi connectivity index (χ4v) is 5.65. The topological polar surface area (TPSA) is 117 Å². The molecule has 2 amide bonds. The number of rotatable bonds is 13. The van der Waals surface area contributed by atoms with Crippen molar-refractivity contribution < 1.29 is 27.5 Å². The molecule has 0 aromatic heterocycles. The summed E-state index contributed by atoms with van der Waals surface area (Å²) in [6, 6.07) is -0.214. The Morgan fingerprint density at radius 3 is 2.45 bits per heavy atom. The number of sulfonamides is 1. The van der Waals surface area contributed by atoms with Gasteiger partial charge in [0.05, 0.1) is 18.5 Å². The molecule has 0 spiro atoms. The van der Waals surface area contributed by atoms with E-state index in [1.165, 1.54) is 0 Å². The van der Waals surface area contributed by atoms with E-state index in [-0.39, 0.29) is 44.1 Å². The van der Waals surface area contributed by atoms with Gasteiger partial charge in [-0.1, -0.05) is 13.3 Å². The van der Waals surface area contributed by atoms with Crippen LogP contribution < -0.4 is 10.6 Å². The summed E-state index contributed by atoms with van der Waals surface area (Å²) in [7, 11) is -3.60. The number of esters is 1. The van der Waals surface area contributed by atoms with Gasteiger partial charge in [-0.2, -0.15) is 4.31 Å². The molecule has 33 heavy (non-hydrogen) atoms. The lowest BCUT2D eigenvalue weighted by Gasteiger charge is -2.33. The number of amides is 2. The van der Waals surface area contributed by atoms with Crippen LogP contribution in [0.25, 0.3) is 0 Å². The van der Waals surface area contributed by atoms with Crippen LogP contribution in [0.4, 0.5) is 4.79 Å². The summed E-state index contributed by atoms with van der Waals surface area (Å²) in [5.74, 6) is 0.0102. The number of hydrogen-bond donors (Lipinski definition) is 2. The third-order valence-electron chi connectivity index (χ3n) is 6.15. The molecule has 192 valence electrons.